The lowest BCUT2D eigenvalue weighted by Crippen LogP contribution is -2.50. The number of benzene rings is 1. The van der Waals surface area contributed by atoms with Crippen molar-refractivity contribution in [3.63, 3.8) is 0 Å². The maximum atomic E-state index is 12.5. The van der Waals surface area contributed by atoms with Gasteiger partial charge in [0.1, 0.15) is 0 Å². The van der Waals surface area contributed by atoms with Gasteiger partial charge in [-0.1, -0.05) is 0 Å². The van der Waals surface area contributed by atoms with Crippen LogP contribution in [0.15, 0.2) is 29.2 Å². The molecular formula is C14H20N2O4S. The number of hydrogen-bond donors (Lipinski definition) is 1. The second-order valence-corrected chi connectivity index (χ2v) is 7.30. The van der Waals surface area contributed by atoms with Gasteiger partial charge >= 0.3 is 5.97 Å². The van der Waals surface area contributed by atoms with Crippen molar-refractivity contribution in [2.24, 2.45) is 0 Å². The first-order valence-electron chi connectivity index (χ1n) is 6.90. The number of piperazine rings is 1. The number of sulfonamides is 1. The molecule has 0 bridgehead atoms. The van der Waals surface area contributed by atoms with Crippen LogP contribution in [0, 0.1) is 0 Å². The van der Waals surface area contributed by atoms with Crippen LogP contribution in [0.4, 0.5) is 0 Å². The molecule has 116 valence electrons. The standard InChI is InChI=1S/C14H20N2O4S/c1-11(2)15-7-9-16(10-8-15)21(19,20)13-5-3-12(4-6-13)14(17)18/h3-6,11H,7-10H2,1-2H3,(H,17,18). The van der Waals surface area contributed by atoms with Gasteiger partial charge in [0.05, 0.1) is 10.5 Å². The number of carboxylic acid groups (broad SMARTS) is 1. The third-order valence-corrected chi connectivity index (χ3v) is 5.66. The van der Waals surface area contributed by atoms with E-state index in [1.54, 1.807) is 0 Å². The van der Waals surface area contributed by atoms with Crippen LogP contribution in [0.1, 0.15) is 24.2 Å². The summed E-state index contributed by atoms with van der Waals surface area (Å²) in [5, 5.41) is 8.84. The summed E-state index contributed by atoms with van der Waals surface area (Å²) in [6.07, 6.45) is 0. The molecule has 7 heteroatoms. The quantitative estimate of drug-likeness (QED) is 0.901. The zero-order valence-electron chi connectivity index (χ0n) is 12.2. The first kappa shape index (κ1) is 15.9. The van der Waals surface area contributed by atoms with Crippen LogP contribution in [0.5, 0.6) is 0 Å². The van der Waals surface area contributed by atoms with E-state index in [1.165, 1.54) is 28.6 Å². The van der Waals surface area contributed by atoms with Crippen molar-refractivity contribution in [2.75, 3.05) is 26.2 Å². The molecule has 21 heavy (non-hydrogen) atoms. The molecule has 1 aromatic carbocycles. The van der Waals surface area contributed by atoms with E-state index in [1.807, 2.05) is 0 Å². The molecule has 1 saturated heterocycles. The first-order valence-corrected chi connectivity index (χ1v) is 8.34. The Bertz CT molecular complexity index is 602. The molecule has 6 nitrogen and oxygen atoms in total. The van der Waals surface area contributed by atoms with Crippen LogP contribution in [-0.2, 0) is 10.0 Å². The van der Waals surface area contributed by atoms with Crippen molar-refractivity contribution in [3.8, 4) is 0 Å². The minimum absolute atomic E-state index is 0.0820. The molecule has 0 unspecified atom stereocenters. The highest BCUT2D eigenvalue weighted by Gasteiger charge is 2.29. The normalized spacial score (nSPS) is 18.0. The highest BCUT2D eigenvalue weighted by Crippen LogP contribution is 2.19. The Labute approximate surface area is 125 Å². The second kappa shape index (κ2) is 6.13. The van der Waals surface area contributed by atoms with E-state index in [4.69, 9.17) is 5.11 Å². The molecule has 0 atom stereocenters. The Morgan fingerprint density at radius 3 is 2.05 bits per heavy atom. The van der Waals surface area contributed by atoms with Gasteiger partial charge in [0.15, 0.2) is 0 Å². The lowest BCUT2D eigenvalue weighted by molar-refractivity contribution is 0.0696. The fourth-order valence-corrected chi connectivity index (χ4v) is 3.80. The van der Waals surface area contributed by atoms with Crippen molar-refractivity contribution in [1.82, 2.24) is 9.21 Å². The number of aromatic carboxylic acids is 1. The summed E-state index contributed by atoms with van der Waals surface area (Å²) >= 11 is 0. The van der Waals surface area contributed by atoms with Crippen LogP contribution in [0.2, 0.25) is 0 Å². The number of rotatable bonds is 4. The minimum Gasteiger partial charge on any atom is -0.478 e. The molecule has 1 fully saturated rings. The SMILES string of the molecule is CC(C)N1CCN(S(=O)(=O)c2ccc(C(=O)O)cc2)CC1. The second-order valence-electron chi connectivity index (χ2n) is 5.36. The summed E-state index contributed by atoms with van der Waals surface area (Å²) < 4.78 is 26.5. The largest absolute Gasteiger partial charge is 0.478 e. The topological polar surface area (TPSA) is 77.9 Å². The van der Waals surface area contributed by atoms with Gasteiger partial charge in [-0.05, 0) is 38.1 Å². The van der Waals surface area contributed by atoms with Gasteiger partial charge in [0, 0.05) is 32.2 Å². The molecule has 0 amide bonds. The molecular weight excluding hydrogens is 292 g/mol. The van der Waals surface area contributed by atoms with Crippen molar-refractivity contribution < 1.29 is 18.3 Å². The number of carboxylic acids is 1. The lowest BCUT2D eigenvalue weighted by Gasteiger charge is -2.36. The first-order chi connectivity index (χ1) is 9.82. The average molecular weight is 312 g/mol. The van der Waals surface area contributed by atoms with Crippen molar-refractivity contribution in [2.45, 2.75) is 24.8 Å². The monoisotopic (exact) mass is 312 g/mol. The Balaban J connectivity index is 2.13. The molecule has 1 aliphatic rings. The summed E-state index contributed by atoms with van der Waals surface area (Å²) in [5.74, 6) is -1.07. The van der Waals surface area contributed by atoms with Crippen LogP contribution in [0.25, 0.3) is 0 Å². The summed E-state index contributed by atoms with van der Waals surface area (Å²) in [5.41, 5.74) is 0.0820. The minimum atomic E-state index is -3.54. The fraction of sp³-hybridized carbons (Fsp3) is 0.500. The van der Waals surface area contributed by atoms with Gasteiger partial charge in [0.25, 0.3) is 0 Å². The highest BCUT2D eigenvalue weighted by atomic mass is 32.2. The highest BCUT2D eigenvalue weighted by molar-refractivity contribution is 7.89. The van der Waals surface area contributed by atoms with Gasteiger partial charge < -0.3 is 5.11 Å². The maximum Gasteiger partial charge on any atom is 0.335 e. The smallest absolute Gasteiger partial charge is 0.335 e. The summed E-state index contributed by atoms with van der Waals surface area (Å²) in [7, 11) is -3.54. The molecule has 0 saturated carbocycles. The van der Waals surface area contributed by atoms with E-state index < -0.39 is 16.0 Å². The van der Waals surface area contributed by atoms with Crippen LogP contribution >= 0.6 is 0 Å². The van der Waals surface area contributed by atoms with E-state index in [9.17, 15) is 13.2 Å². The van der Waals surface area contributed by atoms with Crippen LogP contribution < -0.4 is 0 Å². The van der Waals surface area contributed by atoms with Crippen LogP contribution in [0.3, 0.4) is 0 Å². The average Bonchev–Trinajstić information content (AvgIpc) is 2.47. The molecule has 2 rings (SSSR count). The number of carbonyl (C=O) groups is 1. The third kappa shape index (κ3) is 3.42. The van der Waals surface area contributed by atoms with Gasteiger partial charge in [0.2, 0.25) is 10.0 Å². The third-order valence-electron chi connectivity index (χ3n) is 3.74. The molecule has 0 aliphatic carbocycles. The van der Waals surface area contributed by atoms with Gasteiger partial charge in [-0.2, -0.15) is 4.31 Å². The Morgan fingerprint density at radius 2 is 1.62 bits per heavy atom. The van der Waals surface area contributed by atoms with Crippen LogP contribution in [-0.4, -0.2) is 60.9 Å². The molecule has 1 aromatic rings. The number of hydrogen-bond acceptors (Lipinski definition) is 4. The van der Waals surface area contributed by atoms with E-state index >= 15 is 0 Å². The van der Waals surface area contributed by atoms with Crippen molar-refractivity contribution in [1.29, 1.82) is 0 Å². The van der Waals surface area contributed by atoms with E-state index in [0.717, 1.165) is 0 Å². The lowest BCUT2D eigenvalue weighted by atomic mass is 10.2. The fourth-order valence-electron chi connectivity index (χ4n) is 2.38. The molecule has 0 spiro atoms. The molecule has 1 N–H and O–H groups in total. The van der Waals surface area contributed by atoms with Gasteiger partial charge in [-0.3, -0.25) is 4.90 Å². The summed E-state index contributed by atoms with van der Waals surface area (Å²) in [6, 6.07) is 5.75. The molecule has 1 aliphatic heterocycles. The predicted octanol–water partition coefficient (Wildman–Crippen LogP) is 1.10. The van der Waals surface area contributed by atoms with Crippen molar-refractivity contribution in [3.05, 3.63) is 29.8 Å². The Kier molecular flexibility index (Phi) is 4.65. The van der Waals surface area contributed by atoms with E-state index in [0.29, 0.717) is 32.2 Å². The Morgan fingerprint density at radius 1 is 1.10 bits per heavy atom. The molecule has 0 radical (unpaired) electrons. The van der Waals surface area contributed by atoms with E-state index in [-0.39, 0.29) is 10.5 Å². The predicted molar refractivity (Wildman–Crippen MR) is 78.9 cm³/mol. The summed E-state index contributed by atoms with van der Waals surface area (Å²) in [4.78, 5) is 13.2. The zero-order valence-corrected chi connectivity index (χ0v) is 13.0. The van der Waals surface area contributed by atoms with Crippen molar-refractivity contribution >= 4 is 16.0 Å². The molecule has 1 heterocycles. The van der Waals surface area contributed by atoms with E-state index in [2.05, 4.69) is 18.7 Å². The van der Waals surface area contributed by atoms with Gasteiger partial charge in [-0.15, -0.1) is 0 Å². The van der Waals surface area contributed by atoms with Gasteiger partial charge in [-0.25, -0.2) is 13.2 Å². The zero-order chi connectivity index (χ0) is 15.6. The Hall–Kier alpha value is -1.44. The number of nitrogens with zero attached hydrogens (tertiary/aromatic N) is 2. The summed E-state index contributed by atoms with van der Waals surface area (Å²) in [6.45, 7) is 6.53. The molecule has 0 aromatic heterocycles. The maximum absolute atomic E-state index is 12.5.